The molecule has 2 aromatic carbocycles. The first-order chi connectivity index (χ1) is 11.6. The lowest BCUT2D eigenvalue weighted by molar-refractivity contribution is 0.167. The lowest BCUT2D eigenvalue weighted by Crippen LogP contribution is -2.38. The van der Waals surface area contributed by atoms with Crippen LogP contribution in [0.15, 0.2) is 36.4 Å². The Kier molecular flexibility index (Phi) is 5.27. The van der Waals surface area contributed by atoms with Gasteiger partial charge in [0.15, 0.2) is 0 Å². The molecule has 1 heterocycles. The van der Waals surface area contributed by atoms with Crippen LogP contribution in [0.4, 0.5) is 0 Å². The highest BCUT2D eigenvalue weighted by molar-refractivity contribution is 5.85. The minimum atomic E-state index is 0. The van der Waals surface area contributed by atoms with Gasteiger partial charge in [-0.15, -0.1) is 12.4 Å². The van der Waals surface area contributed by atoms with Crippen LogP contribution in [0.1, 0.15) is 58.6 Å². The molecule has 0 amide bonds. The highest BCUT2D eigenvalue weighted by Crippen LogP contribution is 2.53. The molecule has 1 aliphatic heterocycles. The topological polar surface area (TPSA) is 3.24 Å². The largest absolute Gasteiger partial charge is 0.303 e. The molecular weight excluding hydrogens is 326 g/mol. The van der Waals surface area contributed by atoms with Crippen molar-refractivity contribution in [2.24, 2.45) is 5.92 Å². The third-order valence-electron chi connectivity index (χ3n) is 6.36. The van der Waals surface area contributed by atoms with E-state index < -0.39 is 0 Å². The molecule has 0 unspecified atom stereocenters. The smallest absolute Gasteiger partial charge is 0.0130 e. The van der Waals surface area contributed by atoms with Gasteiger partial charge in [0.25, 0.3) is 0 Å². The van der Waals surface area contributed by atoms with E-state index in [1.54, 1.807) is 16.7 Å². The average molecular weight is 356 g/mol. The molecule has 2 aromatic rings. The number of hydrogen-bond donors (Lipinski definition) is 0. The molecule has 134 valence electrons. The number of hydrogen-bond acceptors (Lipinski definition) is 1. The van der Waals surface area contributed by atoms with Gasteiger partial charge in [-0.1, -0.05) is 54.4 Å². The first-order valence-electron chi connectivity index (χ1n) is 9.48. The van der Waals surface area contributed by atoms with E-state index in [0.717, 1.165) is 5.92 Å². The molecule has 25 heavy (non-hydrogen) atoms. The number of aryl methyl sites for hydroxylation is 3. The maximum atomic E-state index is 2.63. The molecule has 2 aliphatic rings. The summed E-state index contributed by atoms with van der Waals surface area (Å²) in [5.41, 5.74) is 9.02. The summed E-state index contributed by atoms with van der Waals surface area (Å²) in [7, 11) is 0. The van der Waals surface area contributed by atoms with E-state index in [4.69, 9.17) is 0 Å². The molecule has 4 rings (SSSR count). The first kappa shape index (κ1) is 18.5. The lowest BCUT2D eigenvalue weighted by Gasteiger charge is -2.37. The highest BCUT2D eigenvalue weighted by atomic mass is 35.5. The summed E-state index contributed by atoms with van der Waals surface area (Å²) in [5, 5.41) is 0. The Morgan fingerprint density at radius 3 is 2.28 bits per heavy atom. The molecule has 1 fully saturated rings. The second-order valence-electron chi connectivity index (χ2n) is 7.92. The van der Waals surface area contributed by atoms with E-state index in [9.17, 15) is 0 Å². The Balaban J connectivity index is 0.00000182. The monoisotopic (exact) mass is 355 g/mol. The Hall–Kier alpha value is -1.31. The van der Waals surface area contributed by atoms with Gasteiger partial charge in [-0.2, -0.15) is 0 Å². The number of piperidine rings is 1. The predicted molar refractivity (Wildman–Crippen MR) is 109 cm³/mol. The highest BCUT2D eigenvalue weighted by Gasteiger charge is 2.44. The molecule has 0 aromatic heterocycles. The predicted octanol–water partition coefficient (Wildman–Crippen LogP) is 5.60. The minimum Gasteiger partial charge on any atom is -0.303 e. The third kappa shape index (κ3) is 3.13. The summed E-state index contributed by atoms with van der Waals surface area (Å²) in [4.78, 5) is 2.63. The van der Waals surface area contributed by atoms with Gasteiger partial charge in [0.1, 0.15) is 0 Å². The van der Waals surface area contributed by atoms with Gasteiger partial charge in [0, 0.05) is 18.4 Å². The van der Waals surface area contributed by atoms with Gasteiger partial charge >= 0.3 is 0 Å². The third-order valence-corrected chi connectivity index (χ3v) is 6.36. The summed E-state index contributed by atoms with van der Waals surface area (Å²) in [6, 6.07) is 14.3. The molecule has 0 N–H and O–H groups in total. The van der Waals surface area contributed by atoms with Gasteiger partial charge in [-0.25, -0.2) is 0 Å². The molecule has 1 aliphatic carbocycles. The maximum absolute atomic E-state index is 2.63. The number of likely N-dealkylation sites (N-methyl/N-ethyl adjacent to an activating group) is 1. The second kappa shape index (κ2) is 7.13. The summed E-state index contributed by atoms with van der Waals surface area (Å²) in [6.45, 7) is 12.7. The van der Waals surface area contributed by atoms with Crippen molar-refractivity contribution in [1.29, 1.82) is 0 Å². The number of fused-ring (bicyclic) bond motifs is 3. The fourth-order valence-corrected chi connectivity index (χ4v) is 5.16. The summed E-state index contributed by atoms with van der Waals surface area (Å²) >= 11 is 0. The van der Waals surface area contributed by atoms with Crippen LogP contribution in [0.25, 0.3) is 0 Å². The Bertz CT molecular complexity index is 767. The minimum absolute atomic E-state index is 0. The quantitative estimate of drug-likeness (QED) is 0.677. The van der Waals surface area contributed by atoms with Gasteiger partial charge in [-0.3, -0.25) is 0 Å². The first-order valence-corrected chi connectivity index (χ1v) is 9.48. The van der Waals surface area contributed by atoms with Crippen molar-refractivity contribution in [1.82, 2.24) is 4.90 Å². The van der Waals surface area contributed by atoms with Crippen molar-refractivity contribution in [2.45, 2.75) is 46.0 Å². The lowest BCUT2D eigenvalue weighted by atomic mass is 9.77. The molecule has 1 nitrogen and oxygen atoms in total. The molecule has 0 bridgehead atoms. The molecule has 0 saturated carbocycles. The summed E-state index contributed by atoms with van der Waals surface area (Å²) in [6.07, 6.45) is 1.32. The number of rotatable bonds is 2. The van der Waals surface area contributed by atoms with E-state index in [1.807, 2.05) is 0 Å². The normalized spacial score (nSPS) is 25.2. The summed E-state index contributed by atoms with van der Waals surface area (Å²) in [5.74, 6) is 2.07. The van der Waals surface area contributed by atoms with Crippen molar-refractivity contribution >= 4 is 12.4 Å². The number of nitrogens with zero attached hydrogens (tertiary/aromatic N) is 1. The fraction of sp³-hybridized carbons (Fsp3) is 0.478. The van der Waals surface area contributed by atoms with E-state index >= 15 is 0 Å². The van der Waals surface area contributed by atoms with E-state index in [1.165, 1.54) is 42.7 Å². The second-order valence-corrected chi connectivity index (χ2v) is 7.92. The van der Waals surface area contributed by atoms with Crippen LogP contribution in [0, 0.1) is 26.7 Å². The number of benzene rings is 2. The molecule has 0 spiro atoms. The molecular formula is C23H30ClN. The SMILES string of the molecule is CCN1CC[C@H]2[C@H](c3ccc(C)cc3C)c3cc(C)ccc3[C@H]2C1.Cl. The van der Waals surface area contributed by atoms with E-state index in [-0.39, 0.29) is 12.4 Å². The van der Waals surface area contributed by atoms with Crippen molar-refractivity contribution in [2.75, 3.05) is 19.6 Å². The van der Waals surface area contributed by atoms with Crippen molar-refractivity contribution in [3.05, 3.63) is 69.8 Å². The number of likely N-dealkylation sites (tertiary alicyclic amines) is 1. The van der Waals surface area contributed by atoms with Crippen LogP contribution in [0.3, 0.4) is 0 Å². The molecule has 3 atom stereocenters. The maximum Gasteiger partial charge on any atom is 0.0130 e. The standard InChI is InChI=1S/C23H29N.ClH/c1-5-24-11-10-20-22(14-24)19-9-7-16(3)13-21(19)23(20)18-8-6-15(2)12-17(18)4;/h6-9,12-13,20,22-23H,5,10-11,14H2,1-4H3;1H/t20-,22-,23+;/m1./s1. The van der Waals surface area contributed by atoms with E-state index in [2.05, 4.69) is 69.0 Å². The Morgan fingerprint density at radius 1 is 0.920 bits per heavy atom. The zero-order valence-corrected chi connectivity index (χ0v) is 16.7. The fourth-order valence-electron chi connectivity index (χ4n) is 5.16. The van der Waals surface area contributed by atoms with Crippen LogP contribution < -0.4 is 0 Å². The van der Waals surface area contributed by atoms with Crippen LogP contribution >= 0.6 is 12.4 Å². The van der Waals surface area contributed by atoms with Crippen LogP contribution in [0.5, 0.6) is 0 Å². The van der Waals surface area contributed by atoms with Crippen molar-refractivity contribution < 1.29 is 0 Å². The molecule has 0 radical (unpaired) electrons. The van der Waals surface area contributed by atoms with Gasteiger partial charge < -0.3 is 4.90 Å². The summed E-state index contributed by atoms with van der Waals surface area (Å²) < 4.78 is 0. The van der Waals surface area contributed by atoms with Crippen molar-refractivity contribution in [3.63, 3.8) is 0 Å². The molecule has 2 heteroatoms. The van der Waals surface area contributed by atoms with E-state index in [0.29, 0.717) is 11.8 Å². The molecule has 1 saturated heterocycles. The van der Waals surface area contributed by atoms with Gasteiger partial charge in [0.05, 0.1) is 0 Å². The van der Waals surface area contributed by atoms with Crippen molar-refractivity contribution in [3.8, 4) is 0 Å². The van der Waals surface area contributed by atoms with Gasteiger partial charge in [-0.05, 0) is 68.5 Å². The van der Waals surface area contributed by atoms with Crippen LogP contribution in [-0.2, 0) is 0 Å². The van der Waals surface area contributed by atoms with Crippen LogP contribution in [-0.4, -0.2) is 24.5 Å². The Labute approximate surface area is 158 Å². The zero-order chi connectivity index (χ0) is 16.8. The van der Waals surface area contributed by atoms with Crippen LogP contribution in [0.2, 0.25) is 0 Å². The zero-order valence-electron chi connectivity index (χ0n) is 15.9. The number of halogens is 1. The Morgan fingerprint density at radius 2 is 1.60 bits per heavy atom. The van der Waals surface area contributed by atoms with Gasteiger partial charge in [0.2, 0.25) is 0 Å². The average Bonchev–Trinajstić information content (AvgIpc) is 2.87.